The SMILES string of the molecule is CC(C)Sc1ccccc1C(=O)N1C[C@@H](N)[C@H](c2ccccc2)C1. The van der Waals surface area contributed by atoms with E-state index < -0.39 is 0 Å². The highest BCUT2D eigenvalue weighted by Gasteiger charge is 2.34. The van der Waals surface area contributed by atoms with Gasteiger partial charge in [-0.1, -0.05) is 56.3 Å². The number of carbonyl (C=O) groups excluding carboxylic acids is 1. The molecule has 1 fully saturated rings. The Morgan fingerprint density at radius 1 is 1.08 bits per heavy atom. The fraction of sp³-hybridized carbons (Fsp3) is 0.350. The van der Waals surface area contributed by atoms with Gasteiger partial charge in [-0.05, 0) is 17.7 Å². The zero-order valence-corrected chi connectivity index (χ0v) is 15.0. The van der Waals surface area contributed by atoms with E-state index in [1.165, 1.54) is 5.56 Å². The van der Waals surface area contributed by atoms with E-state index in [1.54, 1.807) is 11.8 Å². The van der Waals surface area contributed by atoms with E-state index in [1.807, 2.05) is 47.4 Å². The molecule has 0 bridgehead atoms. The lowest BCUT2D eigenvalue weighted by atomic mass is 9.95. The first kappa shape index (κ1) is 17.1. The number of rotatable bonds is 4. The summed E-state index contributed by atoms with van der Waals surface area (Å²) in [6, 6.07) is 18.1. The highest BCUT2D eigenvalue weighted by molar-refractivity contribution is 8.00. The van der Waals surface area contributed by atoms with Gasteiger partial charge in [0.15, 0.2) is 0 Å². The highest BCUT2D eigenvalue weighted by Crippen LogP contribution is 2.31. The van der Waals surface area contributed by atoms with Gasteiger partial charge in [0.25, 0.3) is 5.91 Å². The van der Waals surface area contributed by atoms with Crippen LogP contribution in [0.2, 0.25) is 0 Å². The molecule has 0 radical (unpaired) electrons. The van der Waals surface area contributed by atoms with Crippen LogP contribution in [0.4, 0.5) is 0 Å². The van der Waals surface area contributed by atoms with Crippen LogP contribution in [0.1, 0.15) is 35.7 Å². The van der Waals surface area contributed by atoms with Crippen LogP contribution in [0.3, 0.4) is 0 Å². The Morgan fingerprint density at radius 3 is 2.46 bits per heavy atom. The van der Waals surface area contributed by atoms with Gasteiger partial charge >= 0.3 is 0 Å². The number of nitrogens with two attached hydrogens (primary N) is 1. The Balaban J connectivity index is 1.80. The van der Waals surface area contributed by atoms with Gasteiger partial charge in [-0.15, -0.1) is 11.8 Å². The summed E-state index contributed by atoms with van der Waals surface area (Å²) in [4.78, 5) is 16.0. The lowest BCUT2D eigenvalue weighted by Crippen LogP contribution is -2.32. The fourth-order valence-corrected chi connectivity index (χ4v) is 4.17. The Kier molecular flexibility index (Phi) is 5.27. The van der Waals surface area contributed by atoms with Gasteiger partial charge < -0.3 is 10.6 Å². The first-order valence-electron chi connectivity index (χ1n) is 8.41. The first-order chi connectivity index (χ1) is 11.6. The van der Waals surface area contributed by atoms with Gasteiger partial charge in [0, 0.05) is 35.2 Å². The van der Waals surface area contributed by atoms with Crippen molar-refractivity contribution in [3.8, 4) is 0 Å². The molecule has 24 heavy (non-hydrogen) atoms. The van der Waals surface area contributed by atoms with Crippen molar-refractivity contribution in [1.82, 2.24) is 4.90 Å². The minimum Gasteiger partial charge on any atom is -0.336 e. The summed E-state index contributed by atoms with van der Waals surface area (Å²) < 4.78 is 0. The monoisotopic (exact) mass is 340 g/mol. The number of hydrogen-bond acceptors (Lipinski definition) is 3. The van der Waals surface area contributed by atoms with Crippen LogP contribution >= 0.6 is 11.8 Å². The van der Waals surface area contributed by atoms with Crippen molar-refractivity contribution in [2.75, 3.05) is 13.1 Å². The number of benzene rings is 2. The van der Waals surface area contributed by atoms with Crippen molar-refractivity contribution < 1.29 is 4.79 Å². The summed E-state index contributed by atoms with van der Waals surface area (Å²) in [5, 5.41) is 0.442. The summed E-state index contributed by atoms with van der Waals surface area (Å²) in [5.41, 5.74) is 8.34. The molecule has 2 aromatic carbocycles. The molecule has 2 atom stereocenters. The van der Waals surface area contributed by atoms with Crippen LogP contribution in [0.25, 0.3) is 0 Å². The van der Waals surface area contributed by atoms with E-state index in [9.17, 15) is 4.79 Å². The Morgan fingerprint density at radius 2 is 1.75 bits per heavy atom. The molecule has 0 saturated carbocycles. The van der Waals surface area contributed by atoms with Gasteiger partial charge in [0.2, 0.25) is 0 Å². The van der Waals surface area contributed by atoms with E-state index in [0.717, 1.165) is 10.5 Å². The fourth-order valence-electron chi connectivity index (χ4n) is 3.22. The van der Waals surface area contributed by atoms with E-state index in [0.29, 0.717) is 18.3 Å². The maximum atomic E-state index is 13.0. The van der Waals surface area contributed by atoms with E-state index in [2.05, 4.69) is 26.0 Å². The Hall–Kier alpha value is -1.78. The first-order valence-corrected chi connectivity index (χ1v) is 9.29. The van der Waals surface area contributed by atoms with Gasteiger partial charge in [-0.3, -0.25) is 4.79 Å². The molecular weight excluding hydrogens is 316 g/mol. The Bertz CT molecular complexity index is 702. The van der Waals surface area contributed by atoms with E-state index >= 15 is 0 Å². The molecule has 1 heterocycles. The molecule has 3 nitrogen and oxygen atoms in total. The topological polar surface area (TPSA) is 46.3 Å². The molecule has 4 heteroatoms. The minimum atomic E-state index is -0.0127. The summed E-state index contributed by atoms with van der Waals surface area (Å²) in [6.45, 7) is 5.58. The molecular formula is C20H24N2OS. The van der Waals surface area contributed by atoms with E-state index in [4.69, 9.17) is 5.73 Å². The maximum Gasteiger partial charge on any atom is 0.255 e. The van der Waals surface area contributed by atoms with Gasteiger partial charge in [0.1, 0.15) is 0 Å². The smallest absolute Gasteiger partial charge is 0.255 e. The summed E-state index contributed by atoms with van der Waals surface area (Å²) in [5.74, 6) is 0.299. The molecule has 2 N–H and O–H groups in total. The van der Waals surface area contributed by atoms with Crippen molar-refractivity contribution in [3.05, 3.63) is 65.7 Å². The minimum absolute atomic E-state index is 0.0127. The van der Waals surface area contributed by atoms with Gasteiger partial charge in [0.05, 0.1) is 5.56 Å². The number of carbonyl (C=O) groups is 1. The number of thioether (sulfide) groups is 1. The van der Waals surface area contributed by atoms with Crippen molar-refractivity contribution >= 4 is 17.7 Å². The van der Waals surface area contributed by atoms with Crippen LogP contribution < -0.4 is 5.73 Å². The number of amides is 1. The van der Waals surface area contributed by atoms with Crippen molar-refractivity contribution in [3.63, 3.8) is 0 Å². The predicted octanol–water partition coefficient (Wildman–Crippen LogP) is 3.75. The van der Waals surface area contributed by atoms with Crippen LogP contribution in [0.5, 0.6) is 0 Å². The largest absolute Gasteiger partial charge is 0.336 e. The molecule has 0 spiro atoms. The molecule has 0 unspecified atom stereocenters. The average molecular weight is 340 g/mol. The Labute approximate surface area is 148 Å². The molecule has 3 rings (SSSR count). The maximum absolute atomic E-state index is 13.0. The molecule has 126 valence electrons. The van der Waals surface area contributed by atoms with E-state index in [-0.39, 0.29) is 17.9 Å². The van der Waals surface area contributed by atoms with Crippen LogP contribution in [0, 0.1) is 0 Å². The van der Waals surface area contributed by atoms with Crippen LogP contribution in [-0.2, 0) is 0 Å². The van der Waals surface area contributed by atoms with Crippen molar-refractivity contribution in [2.45, 2.75) is 36.0 Å². The molecule has 1 aliphatic heterocycles. The summed E-state index contributed by atoms with van der Waals surface area (Å²) in [6.07, 6.45) is 0. The quantitative estimate of drug-likeness (QED) is 0.862. The number of hydrogen-bond donors (Lipinski definition) is 1. The molecule has 1 saturated heterocycles. The summed E-state index contributed by atoms with van der Waals surface area (Å²) in [7, 11) is 0. The molecule has 2 aromatic rings. The number of nitrogens with zero attached hydrogens (tertiary/aromatic N) is 1. The second-order valence-electron chi connectivity index (χ2n) is 6.55. The van der Waals surface area contributed by atoms with Crippen LogP contribution in [0.15, 0.2) is 59.5 Å². The standard InChI is InChI=1S/C20H24N2OS/c1-14(2)24-19-11-7-6-10-16(19)20(23)22-12-17(18(21)13-22)15-8-4-3-5-9-15/h3-11,14,17-18H,12-13,21H2,1-2H3/t17-,18+/m0/s1. The molecule has 0 aliphatic carbocycles. The summed E-state index contributed by atoms with van der Waals surface area (Å²) >= 11 is 1.73. The van der Waals surface area contributed by atoms with Gasteiger partial charge in [-0.25, -0.2) is 0 Å². The average Bonchev–Trinajstić information content (AvgIpc) is 2.97. The molecule has 1 amide bonds. The highest BCUT2D eigenvalue weighted by atomic mass is 32.2. The normalized spacial score (nSPS) is 20.6. The zero-order chi connectivity index (χ0) is 17.1. The second kappa shape index (κ2) is 7.41. The lowest BCUT2D eigenvalue weighted by molar-refractivity contribution is 0.0786. The van der Waals surface area contributed by atoms with Crippen LogP contribution in [-0.4, -0.2) is 35.2 Å². The lowest BCUT2D eigenvalue weighted by Gasteiger charge is -2.19. The third-order valence-corrected chi connectivity index (χ3v) is 5.44. The number of likely N-dealkylation sites (tertiary alicyclic amines) is 1. The third kappa shape index (κ3) is 3.65. The molecule has 1 aliphatic rings. The predicted molar refractivity (Wildman–Crippen MR) is 100 cm³/mol. The third-order valence-electron chi connectivity index (χ3n) is 4.36. The van der Waals surface area contributed by atoms with Crippen molar-refractivity contribution in [2.24, 2.45) is 5.73 Å². The molecule has 0 aromatic heterocycles. The second-order valence-corrected chi connectivity index (χ2v) is 8.17. The van der Waals surface area contributed by atoms with Gasteiger partial charge in [-0.2, -0.15) is 0 Å². The van der Waals surface area contributed by atoms with Crippen molar-refractivity contribution in [1.29, 1.82) is 0 Å². The zero-order valence-electron chi connectivity index (χ0n) is 14.2.